The number of nitrogens with zero attached hydrogens (tertiary/aromatic N) is 1. The number of hydroxylamine groups is 2. The molecule has 1 fully saturated rings. The summed E-state index contributed by atoms with van der Waals surface area (Å²) in [6, 6.07) is -0.550. The highest BCUT2D eigenvalue weighted by atomic mass is 32.2. The monoisotopic (exact) mass is 305 g/mol. The molecule has 0 bridgehead atoms. The fraction of sp³-hybridized carbons (Fsp3) is 0.750. The van der Waals surface area contributed by atoms with Crippen LogP contribution in [-0.2, 0) is 24.0 Å². The summed E-state index contributed by atoms with van der Waals surface area (Å²) < 4.78 is 5.15. The Bertz CT molecular complexity index is 419. The maximum Gasteiger partial charge on any atom is 0.346 e. The molecule has 1 aliphatic rings. The third-order valence-corrected chi connectivity index (χ3v) is 3.34. The van der Waals surface area contributed by atoms with Gasteiger partial charge >= 0.3 is 11.9 Å². The molecule has 20 heavy (non-hydrogen) atoms. The van der Waals surface area contributed by atoms with E-state index in [0.717, 1.165) is 16.8 Å². The number of ether oxygens (including phenoxy) is 1. The summed E-state index contributed by atoms with van der Waals surface area (Å²) >= 11 is 0.947. The van der Waals surface area contributed by atoms with E-state index < -0.39 is 40.8 Å². The van der Waals surface area contributed by atoms with Crippen LogP contribution in [0.15, 0.2) is 0 Å². The number of esters is 1. The number of carboxylic acid groups (broad SMARTS) is 1. The second-order valence-corrected chi connectivity index (χ2v) is 6.33. The molecular formula is C12H19NO6S. The molecule has 0 aliphatic carbocycles. The van der Waals surface area contributed by atoms with E-state index in [9.17, 15) is 14.4 Å². The zero-order chi connectivity index (χ0) is 15.7. The standard InChI is InChI=1S/C12H19NO6S/c1-6-7(10(17)18-12(2,3)4)8(14)13(6)19-11(20-5)9(15)16/h6-7,11H,1-5H3,(H,15,16)/t6-,7-,11?/m1/s1. The third-order valence-electron chi connectivity index (χ3n) is 2.62. The van der Waals surface area contributed by atoms with Crippen molar-refractivity contribution in [3.8, 4) is 0 Å². The Morgan fingerprint density at radius 2 is 1.95 bits per heavy atom. The number of carbonyl (C=O) groups excluding carboxylic acids is 2. The lowest BCUT2D eigenvalue weighted by atomic mass is 9.91. The first-order valence-electron chi connectivity index (χ1n) is 6.06. The molecule has 0 aromatic carbocycles. The van der Waals surface area contributed by atoms with Gasteiger partial charge in [-0.15, -0.1) is 11.8 Å². The van der Waals surface area contributed by atoms with Crippen molar-refractivity contribution in [1.82, 2.24) is 5.06 Å². The lowest BCUT2D eigenvalue weighted by molar-refractivity contribution is -0.249. The minimum absolute atomic E-state index is 0.550. The summed E-state index contributed by atoms with van der Waals surface area (Å²) in [4.78, 5) is 39.6. The quantitative estimate of drug-likeness (QED) is 0.349. The summed E-state index contributed by atoms with van der Waals surface area (Å²) in [5.74, 6) is -3.32. The van der Waals surface area contributed by atoms with Crippen molar-refractivity contribution < 1.29 is 29.1 Å². The number of hydrogen-bond donors (Lipinski definition) is 1. The molecule has 1 amide bonds. The first kappa shape index (κ1) is 16.8. The van der Waals surface area contributed by atoms with E-state index in [-0.39, 0.29) is 0 Å². The van der Waals surface area contributed by atoms with Crippen LogP contribution < -0.4 is 0 Å². The average Bonchev–Trinajstić information content (AvgIpc) is 2.26. The van der Waals surface area contributed by atoms with E-state index in [1.165, 1.54) is 0 Å². The molecule has 114 valence electrons. The lowest BCUT2D eigenvalue weighted by Gasteiger charge is -2.43. The molecule has 1 N–H and O–H groups in total. The first-order chi connectivity index (χ1) is 9.08. The van der Waals surface area contributed by atoms with Crippen molar-refractivity contribution in [1.29, 1.82) is 0 Å². The second kappa shape index (κ2) is 6.01. The Balaban J connectivity index is 2.65. The van der Waals surface area contributed by atoms with Crippen molar-refractivity contribution in [3.63, 3.8) is 0 Å². The van der Waals surface area contributed by atoms with Gasteiger partial charge in [0, 0.05) is 0 Å². The van der Waals surface area contributed by atoms with Gasteiger partial charge in [0.15, 0.2) is 5.92 Å². The highest BCUT2D eigenvalue weighted by molar-refractivity contribution is 7.99. The molecule has 8 heteroatoms. The molecule has 0 radical (unpaired) electrons. The largest absolute Gasteiger partial charge is 0.479 e. The van der Waals surface area contributed by atoms with Crippen LogP contribution in [0.4, 0.5) is 0 Å². The average molecular weight is 305 g/mol. The molecular weight excluding hydrogens is 286 g/mol. The van der Waals surface area contributed by atoms with Crippen LogP contribution >= 0.6 is 11.8 Å². The van der Waals surface area contributed by atoms with Gasteiger partial charge in [-0.3, -0.25) is 9.59 Å². The molecule has 0 saturated carbocycles. The number of thioether (sulfide) groups is 1. The number of rotatable bonds is 5. The van der Waals surface area contributed by atoms with E-state index in [2.05, 4.69) is 0 Å². The molecule has 0 aromatic heterocycles. The number of β-lactam (4-membered cyclic amide) rings is 1. The molecule has 0 aromatic rings. The smallest absolute Gasteiger partial charge is 0.346 e. The molecule has 0 spiro atoms. The van der Waals surface area contributed by atoms with Crippen LogP contribution in [-0.4, -0.2) is 51.4 Å². The predicted octanol–water partition coefficient (Wildman–Crippen LogP) is 0.880. The zero-order valence-corrected chi connectivity index (χ0v) is 12.9. The maximum absolute atomic E-state index is 11.9. The number of aliphatic carboxylic acids is 1. The van der Waals surface area contributed by atoms with Gasteiger partial charge in [0.2, 0.25) is 5.44 Å². The summed E-state index contributed by atoms with van der Waals surface area (Å²) in [5.41, 5.74) is -1.86. The maximum atomic E-state index is 11.9. The van der Waals surface area contributed by atoms with Crippen LogP contribution in [0.1, 0.15) is 27.7 Å². The molecule has 1 rings (SSSR count). The normalized spacial score (nSPS) is 24.1. The van der Waals surface area contributed by atoms with Crippen molar-refractivity contribution in [2.75, 3.05) is 6.26 Å². The van der Waals surface area contributed by atoms with Crippen LogP contribution in [0.2, 0.25) is 0 Å². The molecule has 1 aliphatic heterocycles. The SMILES string of the molecule is CSC(ON1C(=O)[C@H](C(=O)OC(C)(C)C)[C@H]1C)C(=O)O. The number of carbonyl (C=O) groups is 3. The fourth-order valence-corrected chi connectivity index (χ4v) is 2.08. The van der Waals surface area contributed by atoms with E-state index in [0.29, 0.717) is 0 Å². The Morgan fingerprint density at radius 3 is 2.30 bits per heavy atom. The fourth-order valence-electron chi connectivity index (χ4n) is 1.70. The summed E-state index contributed by atoms with van der Waals surface area (Å²) in [7, 11) is 0. The number of carboxylic acids is 1. The van der Waals surface area contributed by atoms with Crippen molar-refractivity contribution in [3.05, 3.63) is 0 Å². The van der Waals surface area contributed by atoms with Crippen LogP contribution in [0.5, 0.6) is 0 Å². The molecule has 1 unspecified atom stereocenters. The minimum atomic E-state index is -1.18. The lowest BCUT2D eigenvalue weighted by Crippen LogP contribution is -2.63. The highest BCUT2D eigenvalue weighted by Crippen LogP contribution is 2.31. The number of amides is 1. The Morgan fingerprint density at radius 1 is 1.40 bits per heavy atom. The van der Waals surface area contributed by atoms with Gasteiger partial charge in [-0.25, -0.2) is 14.7 Å². The first-order valence-corrected chi connectivity index (χ1v) is 7.35. The molecule has 7 nitrogen and oxygen atoms in total. The van der Waals surface area contributed by atoms with Gasteiger partial charge < -0.3 is 9.84 Å². The van der Waals surface area contributed by atoms with Gasteiger partial charge in [0.1, 0.15) is 5.60 Å². The van der Waals surface area contributed by atoms with Crippen LogP contribution in [0, 0.1) is 5.92 Å². The van der Waals surface area contributed by atoms with Crippen LogP contribution in [0.25, 0.3) is 0 Å². The molecule has 3 atom stereocenters. The highest BCUT2D eigenvalue weighted by Gasteiger charge is 2.53. The molecule has 1 heterocycles. The van der Waals surface area contributed by atoms with Crippen LogP contribution in [0.3, 0.4) is 0 Å². The van der Waals surface area contributed by atoms with Gasteiger partial charge in [0.05, 0.1) is 6.04 Å². The van der Waals surface area contributed by atoms with Crippen molar-refractivity contribution in [2.45, 2.75) is 44.8 Å². The predicted molar refractivity (Wildman–Crippen MR) is 71.7 cm³/mol. The van der Waals surface area contributed by atoms with Gasteiger partial charge in [-0.2, -0.15) is 0 Å². The Labute approximate surface area is 121 Å². The van der Waals surface area contributed by atoms with E-state index >= 15 is 0 Å². The summed E-state index contributed by atoms with van der Waals surface area (Å²) in [5, 5.41) is 9.79. The van der Waals surface area contributed by atoms with Gasteiger partial charge in [0.25, 0.3) is 5.91 Å². The second-order valence-electron chi connectivity index (χ2n) is 5.43. The zero-order valence-electron chi connectivity index (χ0n) is 12.1. The molecule has 1 saturated heterocycles. The van der Waals surface area contributed by atoms with Gasteiger partial charge in [-0.05, 0) is 34.0 Å². The van der Waals surface area contributed by atoms with E-state index in [1.54, 1.807) is 34.0 Å². The topological polar surface area (TPSA) is 93.1 Å². The van der Waals surface area contributed by atoms with Crippen molar-refractivity contribution in [2.24, 2.45) is 5.92 Å². The Kier molecular flexibility index (Phi) is 5.04. The Hall–Kier alpha value is -1.28. The van der Waals surface area contributed by atoms with E-state index in [1.807, 2.05) is 0 Å². The third kappa shape index (κ3) is 3.63. The van der Waals surface area contributed by atoms with Crippen molar-refractivity contribution >= 4 is 29.6 Å². The van der Waals surface area contributed by atoms with Gasteiger partial charge in [-0.1, -0.05) is 0 Å². The summed E-state index contributed by atoms with van der Waals surface area (Å²) in [6.07, 6.45) is 1.55. The van der Waals surface area contributed by atoms with E-state index in [4.69, 9.17) is 14.7 Å². The number of hydrogen-bond acceptors (Lipinski definition) is 6. The minimum Gasteiger partial charge on any atom is -0.479 e. The summed E-state index contributed by atoms with van der Waals surface area (Å²) in [6.45, 7) is 6.73.